The van der Waals surface area contributed by atoms with Crippen molar-refractivity contribution in [3.05, 3.63) is 29.8 Å². The van der Waals surface area contributed by atoms with Crippen molar-refractivity contribution in [2.24, 2.45) is 0 Å². The zero-order chi connectivity index (χ0) is 16.2. The summed E-state index contributed by atoms with van der Waals surface area (Å²) in [6.07, 6.45) is 2.22. The van der Waals surface area contributed by atoms with Crippen LogP contribution in [-0.2, 0) is 9.53 Å². The van der Waals surface area contributed by atoms with E-state index >= 15 is 0 Å². The van der Waals surface area contributed by atoms with Gasteiger partial charge in [0, 0.05) is 12.2 Å². The lowest BCUT2D eigenvalue weighted by Crippen LogP contribution is -2.41. The number of amides is 2. The molecular weight excluding hydrogens is 284 g/mol. The van der Waals surface area contributed by atoms with Crippen LogP contribution in [0, 0.1) is 0 Å². The van der Waals surface area contributed by atoms with Crippen molar-refractivity contribution in [1.82, 2.24) is 10.9 Å². The second-order valence-electron chi connectivity index (χ2n) is 4.68. The van der Waals surface area contributed by atoms with Crippen LogP contribution in [0.5, 0.6) is 5.75 Å². The molecule has 1 aromatic carbocycles. The molecule has 2 amide bonds. The quantitative estimate of drug-likeness (QED) is 0.541. The zero-order valence-corrected chi connectivity index (χ0v) is 13.2. The van der Waals surface area contributed by atoms with Crippen molar-refractivity contribution >= 4 is 11.8 Å². The van der Waals surface area contributed by atoms with E-state index in [1.807, 2.05) is 6.92 Å². The number of ether oxygens (including phenoxy) is 2. The molecule has 0 saturated heterocycles. The minimum Gasteiger partial charge on any atom is -0.494 e. The number of hydrogen-bond acceptors (Lipinski definition) is 4. The first kappa shape index (κ1) is 18.0. The average molecular weight is 308 g/mol. The number of unbranched alkanes of at least 4 members (excludes halogenated alkanes) is 1. The summed E-state index contributed by atoms with van der Waals surface area (Å²) in [5.41, 5.74) is 5.15. The third kappa shape index (κ3) is 7.08. The normalized spacial score (nSPS) is 10.1. The Morgan fingerprint density at radius 1 is 1.14 bits per heavy atom. The molecular formula is C16H24N2O4. The molecule has 6 nitrogen and oxygen atoms in total. The largest absolute Gasteiger partial charge is 0.494 e. The maximum Gasteiger partial charge on any atom is 0.269 e. The van der Waals surface area contributed by atoms with Gasteiger partial charge >= 0.3 is 0 Å². The smallest absolute Gasteiger partial charge is 0.269 e. The van der Waals surface area contributed by atoms with E-state index < -0.39 is 0 Å². The van der Waals surface area contributed by atoms with Gasteiger partial charge in [-0.1, -0.05) is 19.4 Å². The Balaban J connectivity index is 2.41. The molecule has 0 saturated carbocycles. The molecule has 0 atom stereocenters. The van der Waals surface area contributed by atoms with Gasteiger partial charge in [-0.3, -0.25) is 20.4 Å². The lowest BCUT2D eigenvalue weighted by Gasteiger charge is -2.09. The third-order valence-electron chi connectivity index (χ3n) is 2.86. The fourth-order valence-corrected chi connectivity index (χ4v) is 1.63. The minimum atomic E-state index is -0.384. The van der Waals surface area contributed by atoms with E-state index in [1.54, 1.807) is 24.3 Å². The van der Waals surface area contributed by atoms with E-state index in [9.17, 15) is 9.59 Å². The van der Waals surface area contributed by atoms with E-state index in [1.165, 1.54) is 0 Å². The molecule has 0 fully saturated rings. The SMILES string of the molecule is CCCCOc1cccc(C(=O)NNC(=O)CCOCC)c1. The Morgan fingerprint density at radius 3 is 2.68 bits per heavy atom. The van der Waals surface area contributed by atoms with Gasteiger partial charge in [0.1, 0.15) is 5.75 Å². The summed E-state index contributed by atoms with van der Waals surface area (Å²) < 4.78 is 10.6. The van der Waals surface area contributed by atoms with Crippen molar-refractivity contribution in [2.75, 3.05) is 19.8 Å². The van der Waals surface area contributed by atoms with Crippen molar-refractivity contribution in [3.63, 3.8) is 0 Å². The maximum atomic E-state index is 11.9. The number of nitrogens with one attached hydrogen (secondary N) is 2. The van der Waals surface area contributed by atoms with Crippen LogP contribution in [-0.4, -0.2) is 31.6 Å². The van der Waals surface area contributed by atoms with Gasteiger partial charge in [-0.25, -0.2) is 0 Å². The third-order valence-corrected chi connectivity index (χ3v) is 2.86. The predicted octanol–water partition coefficient (Wildman–Crippen LogP) is 2.05. The molecule has 2 N–H and O–H groups in total. The second kappa shape index (κ2) is 10.6. The first-order valence-corrected chi connectivity index (χ1v) is 7.57. The summed E-state index contributed by atoms with van der Waals surface area (Å²) >= 11 is 0. The van der Waals surface area contributed by atoms with Crippen molar-refractivity contribution in [3.8, 4) is 5.75 Å². The van der Waals surface area contributed by atoms with Gasteiger partial charge in [-0.05, 0) is 31.5 Å². The highest BCUT2D eigenvalue weighted by Crippen LogP contribution is 2.13. The highest BCUT2D eigenvalue weighted by Gasteiger charge is 2.08. The van der Waals surface area contributed by atoms with Gasteiger partial charge < -0.3 is 9.47 Å². The van der Waals surface area contributed by atoms with Crippen LogP contribution < -0.4 is 15.6 Å². The van der Waals surface area contributed by atoms with Crippen LogP contribution >= 0.6 is 0 Å². The average Bonchev–Trinajstić information content (AvgIpc) is 2.53. The van der Waals surface area contributed by atoms with Crippen LogP contribution in [0.15, 0.2) is 24.3 Å². The molecule has 0 aliphatic rings. The number of benzene rings is 1. The Kier molecular flexibility index (Phi) is 8.67. The lowest BCUT2D eigenvalue weighted by molar-refractivity contribution is -0.122. The fraction of sp³-hybridized carbons (Fsp3) is 0.500. The van der Waals surface area contributed by atoms with E-state index in [2.05, 4.69) is 17.8 Å². The van der Waals surface area contributed by atoms with E-state index in [4.69, 9.17) is 9.47 Å². The molecule has 0 radical (unpaired) electrons. The van der Waals surface area contributed by atoms with Crippen LogP contribution in [0.4, 0.5) is 0 Å². The van der Waals surface area contributed by atoms with E-state index in [0.717, 1.165) is 12.8 Å². The summed E-state index contributed by atoms with van der Waals surface area (Å²) in [7, 11) is 0. The molecule has 6 heteroatoms. The molecule has 122 valence electrons. The molecule has 1 rings (SSSR count). The van der Waals surface area contributed by atoms with Crippen LogP contribution in [0.3, 0.4) is 0 Å². The Hall–Kier alpha value is -2.08. The number of hydrogen-bond donors (Lipinski definition) is 2. The maximum absolute atomic E-state index is 11.9. The first-order chi connectivity index (χ1) is 10.7. The molecule has 0 aromatic heterocycles. The molecule has 0 unspecified atom stereocenters. The van der Waals surface area contributed by atoms with Crippen molar-refractivity contribution < 1.29 is 19.1 Å². The van der Waals surface area contributed by atoms with Crippen LogP contribution in [0.2, 0.25) is 0 Å². The van der Waals surface area contributed by atoms with E-state index in [-0.39, 0.29) is 18.2 Å². The van der Waals surface area contributed by atoms with Crippen LogP contribution in [0.1, 0.15) is 43.5 Å². The highest BCUT2D eigenvalue weighted by atomic mass is 16.5. The highest BCUT2D eigenvalue weighted by molar-refractivity contribution is 5.95. The molecule has 1 aromatic rings. The van der Waals surface area contributed by atoms with Gasteiger partial charge in [0.2, 0.25) is 5.91 Å². The zero-order valence-electron chi connectivity index (χ0n) is 13.2. The Labute approximate surface area is 131 Å². The molecule has 0 aliphatic carbocycles. The topological polar surface area (TPSA) is 76.7 Å². The summed E-state index contributed by atoms with van der Waals surface area (Å²) in [5.74, 6) is -0.0355. The molecule has 0 bridgehead atoms. The van der Waals surface area contributed by atoms with Crippen molar-refractivity contribution in [1.29, 1.82) is 0 Å². The molecule has 0 aliphatic heterocycles. The fourth-order valence-electron chi connectivity index (χ4n) is 1.63. The number of carbonyl (C=O) groups is 2. The van der Waals surface area contributed by atoms with Gasteiger partial charge in [0.25, 0.3) is 5.91 Å². The van der Waals surface area contributed by atoms with E-state index in [0.29, 0.717) is 31.1 Å². The summed E-state index contributed by atoms with van der Waals surface area (Å²) in [5, 5.41) is 0. The van der Waals surface area contributed by atoms with Gasteiger partial charge in [-0.15, -0.1) is 0 Å². The first-order valence-electron chi connectivity index (χ1n) is 7.57. The summed E-state index contributed by atoms with van der Waals surface area (Å²) in [4.78, 5) is 23.4. The Morgan fingerprint density at radius 2 is 1.95 bits per heavy atom. The minimum absolute atomic E-state index is 0.203. The predicted molar refractivity (Wildman–Crippen MR) is 83.6 cm³/mol. The summed E-state index contributed by atoms with van der Waals surface area (Å²) in [6.45, 7) is 5.45. The molecule has 22 heavy (non-hydrogen) atoms. The van der Waals surface area contributed by atoms with Crippen molar-refractivity contribution in [2.45, 2.75) is 33.1 Å². The van der Waals surface area contributed by atoms with Gasteiger partial charge in [0.15, 0.2) is 0 Å². The Bertz CT molecular complexity index is 477. The van der Waals surface area contributed by atoms with Gasteiger partial charge in [-0.2, -0.15) is 0 Å². The molecule has 0 spiro atoms. The second-order valence-corrected chi connectivity index (χ2v) is 4.68. The van der Waals surface area contributed by atoms with Gasteiger partial charge in [0.05, 0.1) is 19.6 Å². The monoisotopic (exact) mass is 308 g/mol. The van der Waals surface area contributed by atoms with Crippen LogP contribution in [0.25, 0.3) is 0 Å². The standard InChI is InChI=1S/C16H24N2O4/c1-3-5-10-22-14-8-6-7-13(12-14)16(20)18-17-15(19)9-11-21-4-2/h6-8,12H,3-5,9-11H2,1-2H3,(H,17,19)(H,18,20). The number of rotatable bonds is 9. The molecule has 0 heterocycles. The number of carbonyl (C=O) groups excluding carboxylic acids is 2. The summed E-state index contributed by atoms with van der Waals surface area (Å²) in [6, 6.07) is 6.85. The lowest BCUT2D eigenvalue weighted by atomic mass is 10.2. The number of hydrazine groups is 1.